The summed E-state index contributed by atoms with van der Waals surface area (Å²) in [5.74, 6) is 0.191. The Morgan fingerprint density at radius 1 is 1.24 bits per heavy atom. The maximum absolute atomic E-state index is 14.1. The van der Waals surface area contributed by atoms with Crippen LogP contribution in [-0.4, -0.2) is 51.0 Å². The first-order valence-corrected chi connectivity index (χ1v) is 13.2. The molecule has 3 N–H and O–H groups in total. The first kappa shape index (κ1) is 25.6. The lowest BCUT2D eigenvalue weighted by Gasteiger charge is -2.34. The highest BCUT2D eigenvalue weighted by atomic mass is 32.2. The molecule has 1 aliphatic rings. The van der Waals surface area contributed by atoms with Crippen molar-refractivity contribution in [1.82, 2.24) is 9.62 Å². The standard InChI is InChI=1S/C25H36FN3O3S/c1-3-4-5-11-32-24-15-20(13-21(26)16-24)14-22(27)17-23-18-29(10-9-28-23)33(30,31)25-8-6-7-19(2)12-25/h6-8,12-13,15-16,22-23,28H,3-5,9-11,14,17-18,27H2,1-2H3/t22-,23-/m0/s1. The Morgan fingerprint density at radius 3 is 2.82 bits per heavy atom. The molecule has 1 heterocycles. The smallest absolute Gasteiger partial charge is 0.243 e. The van der Waals surface area contributed by atoms with Gasteiger partial charge in [0.25, 0.3) is 0 Å². The van der Waals surface area contributed by atoms with Crippen LogP contribution in [0.2, 0.25) is 0 Å². The van der Waals surface area contributed by atoms with E-state index in [4.69, 9.17) is 10.5 Å². The van der Waals surface area contributed by atoms with Gasteiger partial charge in [-0.2, -0.15) is 4.31 Å². The highest BCUT2D eigenvalue weighted by Gasteiger charge is 2.30. The molecule has 0 spiro atoms. The van der Waals surface area contributed by atoms with E-state index in [2.05, 4.69) is 12.2 Å². The largest absolute Gasteiger partial charge is 0.493 e. The normalized spacial score (nSPS) is 18.2. The van der Waals surface area contributed by atoms with Crippen LogP contribution in [-0.2, 0) is 16.4 Å². The molecule has 0 unspecified atom stereocenters. The van der Waals surface area contributed by atoms with Crippen LogP contribution in [0.4, 0.5) is 4.39 Å². The molecule has 0 bridgehead atoms. The summed E-state index contributed by atoms with van der Waals surface area (Å²) in [5, 5.41) is 3.38. The molecule has 0 saturated carbocycles. The number of ether oxygens (including phenoxy) is 1. The van der Waals surface area contributed by atoms with E-state index in [9.17, 15) is 12.8 Å². The van der Waals surface area contributed by atoms with Crippen molar-refractivity contribution in [2.24, 2.45) is 5.73 Å². The van der Waals surface area contributed by atoms with E-state index in [1.807, 2.05) is 19.1 Å². The van der Waals surface area contributed by atoms with Crippen molar-refractivity contribution in [1.29, 1.82) is 0 Å². The molecule has 1 saturated heterocycles. The van der Waals surface area contributed by atoms with E-state index in [1.165, 1.54) is 16.4 Å². The molecule has 33 heavy (non-hydrogen) atoms. The number of piperazine rings is 1. The fourth-order valence-electron chi connectivity index (χ4n) is 4.21. The van der Waals surface area contributed by atoms with E-state index >= 15 is 0 Å². The molecule has 0 aromatic heterocycles. The molecule has 182 valence electrons. The van der Waals surface area contributed by atoms with E-state index in [1.54, 1.807) is 18.2 Å². The maximum atomic E-state index is 14.1. The van der Waals surface area contributed by atoms with Crippen LogP contribution in [0.15, 0.2) is 47.4 Å². The molecule has 2 aromatic rings. The summed E-state index contributed by atoms with van der Waals surface area (Å²) in [5.41, 5.74) is 8.09. The number of nitrogens with zero attached hydrogens (tertiary/aromatic N) is 1. The molecule has 0 aliphatic carbocycles. The first-order chi connectivity index (χ1) is 15.8. The lowest BCUT2D eigenvalue weighted by Crippen LogP contribution is -2.54. The van der Waals surface area contributed by atoms with Gasteiger partial charge >= 0.3 is 0 Å². The minimum absolute atomic E-state index is 0.0633. The third kappa shape index (κ3) is 7.50. The lowest BCUT2D eigenvalue weighted by atomic mass is 9.99. The maximum Gasteiger partial charge on any atom is 0.243 e. The Kier molecular flexibility index (Phi) is 9.26. The number of halogens is 1. The van der Waals surface area contributed by atoms with E-state index in [0.29, 0.717) is 49.7 Å². The predicted octanol–water partition coefficient (Wildman–Crippen LogP) is 3.63. The van der Waals surface area contributed by atoms with Gasteiger partial charge in [0.05, 0.1) is 11.5 Å². The third-order valence-corrected chi connectivity index (χ3v) is 7.74. The number of aryl methyl sites for hydroxylation is 1. The number of nitrogens with one attached hydrogen (secondary N) is 1. The summed E-state index contributed by atoms with van der Waals surface area (Å²) in [4.78, 5) is 0.318. The molecule has 1 aliphatic heterocycles. The third-order valence-electron chi connectivity index (χ3n) is 5.88. The average molecular weight is 478 g/mol. The molecule has 0 amide bonds. The molecular formula is C25H36FN3O3S. The number of unbranched alkanes of at least 4 members (excludes halogenated alkanes) is 2. The van der Waals surface area contributed by atoms with Gasteiger partial charge in [-0.15, -0.1) is 0 Å². The van der Waals surface area contributed by atoms with Crippen LogP contribution < -0.4 is 15.8 Å². The predicted molar refractivity (Wildman–Crippen MR) is 129 cm³/mol. The Bertz CT molecular complexity index is 1020. The Hall–Kier alpha value is -2.00. The van der Waals surface area contributed by atoms with E-state index in [0.717, 1.165) is 30.4 Å². The summed E-state index contributed by atoms with van der Waals surface area (Å²) in [6.07, 6.45) is 4.20. The highest BCUT2D eigenvalue weighted by Crippen LogP contribution is 2.21. The number of nitrogens with two attached hydrogens (primary N) is 1. The van der Waals surface area contributed by atoms with Gasteiger partial charge in [0, 0.05) is 37.8 Å². The fraction of sp³-hybridized carbons (Fsp3) is 0.520. The number of hydrogen-bond donors (Lipinski definition) is 2. The molecule has 2 aromatic carbocycles. The zero-order valence-corrected chi connectivity index (χ0v) is 20.4. The van der Waals surface area contributed by atoms with Crippen LogP contribution in [0.3, 0.4) is 0 Å². The van der Waals surface area contributed by atoms with Crippen LogP contribution in [0.5, 0.6) is 5.75 Å². The Balaban J connectivity index is 1.58. The van der Waals surface area contributed by atoms with Crippen LogP contribution in [0.25, 0.3) is 0 Å². The second-order valence-electron chi connectivity index (χ2n) is 8.88. The molecular weight excluding hydrogens is 441 g/mol. The van der Waals surface area contributed by atoms with Crippen molar-refractivity contribution in [2.45, 2.75) is 62.9 Å². The monoisotopic (exact) mass is 477 g/mol. The summed E-state index contributed by atoms with van der Waals surface area (Å²) < 4.78 is 47.5. The molecule has 0 radical (unpaired) electrons. The molecule has 6 nitrogen and oxygen atoms in total. The lowest BCUT2D eigenvalue weighted by molar-refractivity contribution is 0.278. The number of sulfonamides is 1. The second kappa shape index (κ2) is 11.9. The number of hydrogen-bond acceptors (Lipinski definition) is 5. The Morgan fingerprint density at radius 2 is 2.06 bits per heavy atom. The highest BCUT2D eigenvalue weighted by molar-refractivity contribution is 7.89. The summed E-state index contributed by atoms with van der Waals surface area (Å²) in [6.45, 7) is 5.93. The average Bonchev–Trinajstić information content (AvgIpc) is 2.76. The summed E-state index contributed by atoms with van der Waals surface area (Å²) in [6, 6.07) is 11.4. The Labute approximate surface area is 197 Å². The SMILES string of the molecule is CCCCCOc1cc(F)cc(C[C@H](N)C[C@H]2CN(S(=O)(=O)c3cccc(C)c3)CCN2)c1. The van der Waals surface area contributed by atoms with E-state index in [-0.39, 0.29) is 17.9 Å². The summed E-state index contributed by atoms with van der Waals surface area (Å²) in [7, 11) is -3.55. The minimum atomic E-state index is -3.55. The van der Waals surface area contributed by atoms with Crippen molar-refractivity contribution in [3.63, 3.8) is 0 Å². The van der Waals surface area contributed by atoms with Crippen molar-refractivity contribution >= 4 is 10.0 Å². The van der Waals surface area contributed by atoms with Gasteiger partial charge in [-0.3, -0.25) is 0 Å². The van der Waals surface area contributed by atoms with Crippen molar-refractivity contribution in [2.75, 3.05) is 26.2 Å². The van der Waals surface area contributed by atoms with Gasteiger partial charge < -0.3 is 15.8 Å². The van der Waals surface area contributed by atoms with Gasteiger partial charge in [-0.25, -0.2) is 12.8 Å². The first-order valence-electron chi connectivity index (χ1n) is 11.8. The van der Waals surface area contributed by atoms with Crippen LogP contribution in [0, 0.1) is 12.7 Å². The fourth-order valence-corrected chi connectivity index (χ4v) is 5.80. The number of benzene rings is 2. The molecule has 1 fully saturated rings. The van der Waals surface area contributed by atoms with Crippen molar-refractivity contribution in [3.8, 4) is 5.75 Å². The quantitative estimate of drug-likeness (QED) is 0.483. The van der Waals surface area contributed by atoms with E-state index < -0.39 is 10.0 Å². The van der Waals surface area contributed by atoms with Crippen LogP contribution >= 0.6 is 0 Å². The van der Waals surface area contributed by atoms with Gasteiger partial charge in [0.2, 0.25) is 10.0 Å². The molecule has 2 atom stereocenters. The summed E-state index contributed by atoms with van der Waals surface area (Å²) >= 11 is 0. The zero-order valence-electron chi connectivity index (χ0n) is 19.6. The topological polar surface area (TPSA) is 84.7 Å². The number of rotatable bonds is 11. The minimum Gasteiger partial charge on any atom is -0.493 e. The van der Waals surface area contributed by atoms with Crippen molar-refractivity contribution in [3.05, 3.63) is 59.4 Å². The molecule has 3 rings (SSSR count). The van der Waals surface area contributed by atoms with Gasteiger partial charge in [-0.05, 0) is 61.6 Å². The van der Waals surface area contributed by atoms with Gasteiger partial charge in [0.1, 0.15) is 11.6 Å². The van der Waals surface area contributed by atoms with Gasteiger partial charge in [0.15, 0.2) is 0 Å². The van der Waals surface area contributed by atoms with Gasteiger partial charge in [-0.1, -0.05) is 31.9 Å². The zero-order chi connectivity index (χ0) is 23.8. The molecule has 8 heteroatoms. The van der Waals surface area contributed by atoms with Crippen molar-refractivity contribution < 1.29 is 17.5 Å². The van der Waals surface area contributed by atoms with Crippen LogP contribution in [0.1, 0.15) is 43.7 Å². The second-order valence-corrected chi connectivity index (χ2v) is 10.8.